The summed E-state index contributed by atoms with van der Waals surface area (Å²) in [7, 11) is -3.78. The summed E-state index contributed by atoms with van der Waals surface area (Å²) < 4.78 is 39.7. The van der Waals surface area contributed by atoms with E-state index in [0.717, 1.165) is 16.0 Å². The van der Waals surface area contributed by atoms with Crippen molar-refractivity contribution in [3.63, 3.8) is 0 Å². The Morgan fingerprint density at radius 2 is 1.93 bits per heavy atom. The molecule has 8 nitrogen and oxygen atoms in total. The Bertz CT molecular complexity index is 1100. The molecule has 2 N–H and O–H groups in total. The first kappa shape index (κ1) is 20.1. The van der Waals surface area contributed by atoms with Crippen LogP contribution >= 0.6 is 22.7 Å². The highest BCUT2D eigenvalue weighted by atomic mass is 32.2. The Kier molecular flexibility index (Phi) is 5.47. The second kappa shape index (κ2) is 7.90. The van der Waals surface area contributed by atoms with Crippen molar-refractivity contribution in [3.8, 4) is 11.5 Å². The van der Waals surface area contributed by atoms with Crippen LogP contribution < -0.4 is 19.5 Å². The first-order chi connectivity index (χ1) is 13.8. The molecule has 1 amide bonds. The number of sulfonamides is 1. The molecule has 1 atom stereocenters. The van der Waals surface area contributed by atoms with Gasteiger partial charge >= 0.3 is 0 Å². The van der Waals surface area contributed by atoms with Gasteiger partial charge in [-0.05, 0) is 17.4 Å². The number of nitrogens with zero attached hydrogens (tertiary/aromatic N) is 1. The van der Waals surface area contributed by atoms with Gasteiger partial charge in [0.25, 0.3) is 10.0 Å². The smallest absolute Gasteiger partial charge is 0.250 e. The van der Waals surface area contributed by atoms with Crippen molar-refractivity contribution < 1.29 is 22.7 Å². The Balaban J connectivity index is 1.54. The van der Waals surface area contributed by atoms with E-state index in [1.165, 1.54) is 17.4 Å². The lowest BCUT2D eigenvalue weighted by atomic mass is 10.1. The van der Waals surface area contributed by atoms with Gasteiger partial charge in [0, 0.05) is 12.1 Å². The number of amides is 1. The normalized spacial score (nSPS) is 14.9. The largest absolute Gasteiger partial charge is 0.486 e. The number of hydrogen-bond acceptors (Lipinski definition) is 8. The van der Waals surface area contributed by atoms with E-state index in [2.05, 4.69) is 15.0 Å². The van der Waals surface area contributed by atoms with Gasteiger partial charge in [0.2, 0.25) is 5.91 Å². The molecule has 11 heteroatoms. The molecule has 0 saturated carbocycles. The number of aromatic nitrogens is 1. The Hall–Kier alpha value is -2.21. The number of hydrogen-bond donors (Lipinski definition) is 2. The number of rotatable bonds is 6. The lowest BCUT2D eigenvalue weighted by Gasteiger charge is -2.20. The Morgan fingerprint density at radius 1 is 1.21 bits per heavy atom. The summed E-state index contributed by atoms with van der Waals surface area (Å²) in [5.41, 5.74) is 0.676. The summed E-state index contributed by atoms with van der Waals surface area (Å²) in [5.74, 6) is 0.550. The van der Waals surface area contributed by atoms with E-state index in [0.29, 0.717) is 35.4 Å². The highest BCUT2D eigenvalue weighted by Gasteiger charge is 2.29. The zero-order valence-corrected chi connectivity index (χ0v) is 18.1. The molecule has 0 bridgehead atoms. The third-order valence-corrected chi connectivity index (χ3v) is 8.05. The summed E-state index contributed by atoms with van der Waals surface area (Å²) in [6.07, 6.45) is 0. The molecule has 0 radical (unpaired) electrons. The SMILES string of the molecule is CC(C)C(NS(=O)(=O)c1cccs1)C(=O)Nc1nc2cc3c(cc2s1)OCCO3. The fraction of sp³-hybridized carbons (Fsp3) is 0.333. The van der Waals surface area contributed by atoms with E-state index in [1.807, 2.05) is 6.07 Å². The molecule has 4 rings (SSSR count). The standard InChI is InChI=1S/C18H19N3O5S3/c1-10(2)16(21-29(23,24)15-4-3-7-27-15)17(22)20-18-19-11-8-12-13(9-14(11)28-18)26-6-5-25-12/h3-4,7-10,16,21H,5-6H2,1-2H3,(H,19,20,22). The maximum absolute atomic E-state index is 12.8. The number of thiazole rings is 1. The minimum absolute atomic E-state index is 0.168. The second-order valence-electron chi connectivity index (χ2n) is 6.75. The molecule has 0 fully saturated rings. The van der Waals surface area contributed by atoms with Gasteiger partial charge in [-0.15, -0.1) is 11.3 Å². The zero-order valence-electron chi connectivity index (χ0n) is 15.7. The summed E-state index contributed by atoms with van der Waals surface area (Å²) in [5, 5.41) is 4.79. The molecule has 29 heavy (non-hydrogen) atoms. The molecule has 1 aliphatic heterocycles. The van der Waals surface area contributed by atoms with Gasteiger partial charge in [0.15, 0.2) is 16.6 Å². The van der Waals surface area contributed by atoms with E-state index in [9.17, 15) is 13.2 Å². The van der Waals surface area contributed by atoms with Crippen LogP contribution in [-0.2, 0) is 14.8 Å². The van der Waals surface area contributed by atoms with Gasteiger partial charge in [0.05, 0.1) is 10.2 Å². The van der Waals surface area contributed by atoms with Crippen molar-refractivity contribution in [2.45, 2.75) is 24.1 Å². The number of carbonyl (C=O) groups excluding carboxylic acids is 1. The van der Waals surface area contributed by atoms with Crippen LogP contribution in [0.3, 0.4) is 0 Å². The minimum Gasteiger partial charge on any atom is -0.486 e. The number of carbonyl (C=O) groups is 1. The fourth-order valence-corrected chi connectivity index (χ4v) is 6.07. The van der Waals surface area contributed by atoms with Gasteiger partial charge in [-0.25, -0.2) is 13.4 Å². The minimum atomic E-state index is -3.78. The number of thiophene rings is 1. The van der Waals surface area contributed by atoms with Crippen LogP contribution in [-0.4, -0.2) is 38.6 Å². The van der Waals surface area contributed by atoms with Crippen molar-refractivity contribution in [2.75, 3.05) is 18.5 Å². The molecule has 3 heterocycles. The molecule has 0 spiro atoms. The molecule has 3 aromatic rings. The molecular weight excluding hydrogens is 434 g/mol. The molecule has 154 valence electrons. The van der Waals surface area contributed by atoms with E-state index < -0.39 is 22.0 Å². The van der Waals surface area contributed by atoms with Gasteiger partial charge in [-0.3, -0.25) is 4.79 Å². The highest BCUT2D eigenvalue weighted by Crippen LogP contribution is 2.37. The quantitative estimate of drug-likeness (QED) is 0.594. The van der Waals surface area contributed by atoms with Crippen LogP contribution in [0.25, 0.3) is 10.2 Å². The topological polar surface area (TPSA) is 107 Å². The Morgan fingerprint density at radius 3 is 2.59 bits per heavy atom. The number of anilines is 1. The molecule has 2 aromatic heterocycles. The summed E-state index contributed by atoms with van der Waals surface area (Å²) in [6.45, 7) is 4.53. The van der Waals surface area contributed by atoms with Crippen molar-refractivity contribution in [2.24, 2.45) is 5.92 Å². The molecular formula is C18H19N3O5S3. The third-order valence-electron chi connectivity index (χ3n) is 4.27. The Labute approximate surface area is 175 Å². The molecule has 1 aliphatic rings. The summed E-state index contributed by atoms with van der Waals surface area (Å²) in [4.78, 5) is 17.2. The predicted octanol–water partition coefficient (Wildman–Crippen LogP) is 3.07. The van der Waals surface area contributed by atoms with Crippen LogP contribution in [0.1, 0.15) is 13.8 Å². The molecule has 0 saturated heterocycles. The van der Waals surface area contributed by atoms with Crippen LogP contribution in [0.2, 0.25) is 0 Å². The number of benzene rings is 1. The van der Waals surface area contributed by atoms with E-state index in [1.54, 1.807) is 31.4 Å². The van der Waals surface area contributed by atoms with E-state index >= 15 is 0 Å². The van der Waals surface area contributed by atoms with Crippen molar-refractivity contribution in [3.05, 3.63) is 29.6 Å². The van der Waals surface area contributed by atoms with Crippen LogP contribution in [0, 0.1) is 5.92 Å². The fourth-order valence-electron chi connectivity index (χ4n) is 2.84. The maximum atomic E-state index is 12.8. The first-order valence-electron chi connectivity index (χ1n) is 8.90. The van der Waals surface area contributed by atoms with Crippen LogP contribution in [0.15, 0.2) is 33.9 Å². The highest BCUT2D eigenvalue weighted by molar-refractivity contribution is 7.91. The average Bonchev–Trinajstić information content (AvgIpc) is 3.33. The zero-order chi connectivity index (χ0) is 20.6. The first-order valence-corrected chi connectivity index (χ1v) is 12.1. The van der Waals surface area contributed by atoms with Crippen LogP contribution in [0.5, 0.6) is 11.5 Å². The second-order valence-corrected chi connectivity index (χ2v) is 10.7. The molecule has 1 unspecified atom stereocenters. The van der Waals surface area contributed by atoms with E-state index in [-0.39, 0.29) is 10.1 Å². The lowest BCUT2D eigenvalue weighted by Crippen LogP contribution is -2.46. The van der Waals surface area contributed by atoms with Crippen molar-refractivity contribution in [1.29, 1.82) is 0 Å². The van der Waals surface area contributed by atoms with Gasteiger partial charge < -0.3 is 14.8 Å². The van der Waals surface area contributed by atoms with Crippen molar-refractivity contribution in [1.82, 2.24) is 9.71 Å². The number of nitrogens with one attached hydrogen (secondary N) is 2. The molecule has 1 aromatic carbocycles. The summed E-state index contributed by atoms with van der Waals surface area (Å²) >= 11 is 2.39. The average molecular weight is 454 g/mol. The number of fused-ring (bicyclic) bond motifs is 2. The van der Waals surface area contributed by atoms with Gasteiger partial charge in [-0.1, -0.05) is 31.3 Å². The van der Waals surface area contributed by atoms with Crippen molar-refractivity contribution >= 4 is 54.0 Å². The van der Waals surface area contributed by atoms with Gasteiger partial charge in [0.1, 0.15) is 23.5 Å². The maximum Gasteiger partial charge on any atom is 0.250 e. The van der Waals surface area contributed by atoms with E-state index in [4.69, 9.17) is 9.47 Å². The summed E-state index contributed by atoms with van der Waals surface area (Å²) in [6, 6.07) is 5.82. The lowest BCUT2D eigenvalue weighted by molar-refractivity contribution is -0.118. The van der Waals surface area contributed by atoms with Gasteiger partial charge in [-0.2, -0.15) is 4.72 Å². The third kappa shape index (κ3) is 4.22. The van der Waals surface area contributed by atoms with Crippen LogP contribution in [0.4, 0.5) is 5.13 Å². The monoisotopic (exact) mass is 453 g/mol. The number of ether oxygens (including phenoxy) is 2. The predicted molar refractivity (Wildman–Crippen MR) is 113 cm³/mol. The molecule has 0 aliphatic carbocycles.